The van der Waals surface area contributed by atoms with Crippen molar-refractivity contribution in [3.05, 3.63) is 163 Å². The van der Waals surface area contributed by atoms with Crippen LogP contribution in [0, 0.1) is 11.8 Å². The van der Waals surface area contributed by atoms with Crippen LogP contribution in [0.4, 0.5) is 10.8 Å². The Morgan fingerprint density at radius 2 is 1.02 bits per heavy atom. The van der Waals surface area contributed by atoms with E-state index in [1.54, 1.807) is 71.7 Å². The van der Waals surface area contributed by atoms with Gasteiger partial charge in [-0.3, -0.25) is 9.59 Å². The van der Waals surface area contributed by atoms with Gasteiger partial charge in [0.1, 0.15) is 35.2 Å². The van der Waals surface area contributed by atoms with Crippen molar-refractivity contribution < 1.29 is 66.7 Å². The summed E-state index contributed by atoms with van der Waals surface area (Å²) in [5.74, 6) is -1.57. The molecule has 0 atom stereocenters. The number of para-hydroxylation sites is 2. The summed E-state index contributed by atoms with van der Waals surface area (Å²) in [6.45, 7) is 8.56. The minimum Gasteiger partial charge on any atom is -0.494 e. The summed E-state index contributed by atoms with van der Waals surface area (Å²) in [4.78, 5) is 81.6. The molecule has 18 heteroatoms. The lowest BCUT2D eigenvalue weighted by atomic mass is 9.87. The molecular formula is C66H71N3O14S. The van der Waals surface area contributed by atoms with Gasteiger partial charge >= 0.3 is 35.8 Å². The van der Waals surface area contributed by atoms with Crippen LogP contribution >= 0.6 is 11.3 Å². The average Bonchev–Trinajstić information content (AvgIpc) is 3.63. The van der Waals surface area contributed by atoms with E-state index in [4.69, 9.17) is 48.0 Å². The van der Waals surface area contributed by atoms with Gasteiger partial charge < -0.3 is 37.9 Å². The molecule has 0 saturated heterocycles. The predicted octanol–water partition coefficient (Wildman–Crippen LogP) is 13.4. The number of hydrogen-bond acceptors (Lipinski definition) is 18. The molecule has 0 spiro atoms. The van der Waals surface area contributed by atoms with Crippen molar-refractivity contribution in [1.82, 2.24) is 4.98 Å². The molecule has 0 amide bonds. The summed E-state index contributed by atoms with van der Waals surface area (Å²) in [6, 6.07) is 35.8. The number of aromatic nitrogens is 1. The normalized spacial score (nSPS) is 16.6. The van der Waals surface area contributed by atoms with Crippen LogP contribution < -0.4 is 24.0 Å². The third-order valence-electron chi connectivity index (χ3n) is 14.4. The van der Waals surface area contributed by atoms with Crippen LogP contribution in [-0.4, -0.2) is 85.6 Å². The quantitative estimate of drug-likeness (QED) is 0.00782. The van der Waals surface area contributed by atoms with Crippen LogP contribution in [0.5, 0.6) is 23.0 Å². The van der Waals surface area contributed by atoms with Crippen LogP contribution in [-0.2, 0) is 38.1 Å². The van der Waals surface area contributed by atoms with Crippen LogP contribution in [0.3, 0.4) is 0 Å². The number of hydrogen-bond donors (Lipinski definition) is 0. The first kappa shape index (κ1) is 61.4. The van der Waals surface area contributed by atoms with Gasteiger partial charge in [0.25, 0.3) is 0 Å². The Labute approximate surface area is 493 Å². The number of carbonyl (C=O) groups excluding carboxylic acids is 6. The molecule has 0 unspecified atom stereocenters. The molecule has 8 rings (SSSR count). The maximum Gasteiger partial charge on any atom is 0.339 e. The second-order valence-corrected chi connectivity index (χ2v) is 21.5. The standard InChI is InChI=1S/C66H71N3O14S/c1-3-60(70)78-42-16-7-5-14-40-76-51-28-22-46(23-29-51)62(72)80-53-30-24-48(25-31-53)64(74)83-56-38-39-57(49(44-56)45-67-69(50-18-10-9-11-19-50)66-68-58-20-12-13-21-59(58)84-66)65(75)82-54-32-26-47(27-33-54)63(73)81-55-36-34-52(35-37-55)77-41-15-6-8-17-43-79-61(71)4-2/h3-4,9-13,18-23,28-29,34-39,44-45,47-48,53-54H,1-2,5-8,14-17,24-27,30-33,40-43H2/b67-45+. The van der Waals surface area contributed by atoms with Crippen molar-refractivity contribution >= 4 is 74.4 Å². The Balaban J connectivity index is 0.839. The van der Waals surface area contributed by atoms with Gasteiger partial charge in [0.15, 0.2) is 0 Å². The maximum atomic E-state index is 14.2. The molecule has 2 saturated carbocycles. The summed E-state index contributed by atoms with van der Waals surface area (Å²) in [6.07, 6.45) is 13.6. The Morgan fingerprint density at radius 3 is 1.58 bits per heavy atom. The summed E-state index contributed by atoms with van der Waals surface area (Å²) in [7, 11) is 0. The number of carbonyl (C=O) groups is 6. The summed E-state index contributed by atoms with van der Waals surface area (Å²) in [5.41, 5.74) is 2.48. The van der Waals surface area contributed by atoms with E-state index >= 15 is 0 Å². The van der Waals surface area contributed by atoms with Crippen molar-refractivity contribution in [2.24, 2.45) is 16.9 Å². The molecule has 0 bridgehead atoms. The Bertz CT molecular complexity index is 3150. The Morgan fingerprint density at radius 1 is 0.536 bits per heavy atom. The molecule has 2 aliphatic rings. The lowest BCUT2D eigenvalue weighted by molar-refractivity contribution is -0.141. The van der Waals surface area contributed by atoms with Crippen molar-refractivity contribution in [1.29, 1.82) is 0 Å². The highest BCUT2D eigenvalue weighted by molar-refractivity contribution is 7.22. The molecular weight excluding hydrogens is 1090 g/mol. The third-order valence-corrected chi connectivity index (χ3v) is 15.4. The van der Waals surface area contributed by atoms with Gasteiger partial charge in [-0.2, -0.15) is 5.10 Å². The highest BCUT2D eigenvalue weighted by Crippen LogP contribution is 2.35. The van der Waals surface area contributed by atoms with E-state index in [1.807, 2.05) is 54.6 Å². The topological polar surface area (TPSA) is 205 Å². The number of ether oxygens (including phenoxy) is 8. The molecule has 2 fully saturated rings. The number of fused-ring (bicyclic) bond motifs is 1. The summed E-state index contributed by atoms with van der Waals surface area (Å²) in [5, 5.41) is 7.19. The van der Waals surface area contributed by atoms with Gasteiger partial charge in [0.2, 0.25) is 5.13 Å². The molecule has 5 aromatic carbocycles. The predicted molar refractivity (Wildman–Crippen MR) is 319 cm³/mol. The van der Waals surface area contributed by atoms with Gasteiger partial charge in [-0.25, -0.2) is 29.2 Å². The first-order valence-electron chi connectivity index (χ1n) is 28.8. The monoisotopic (exact) mass is 1160 g/mol. The second-order valence-electron chi connectivity index (χ2n) is 20.5. The number of rotatable bonds is 30. The van der Waals surface area contributed by atoms with E-state index in [9.17, 15) is 28.8 Å². The SMILES string of the molecule is C=CC(=O)OCCCCCCOc1ccc(OC(=O)C2CCC(OC(=O)c3ccc(OC(=O)C4CCC(OC(=O)c5ccc(OCCCCCCOC(=O)C=C)cc5)CC4)cc3/C=N/N(c3ccccc3)c3nc4ccccc4s3)CC2)cc1. The lowest BCUT2D eigenvalue weighted by Crippen LogP contribution is -2.30. The number of benzene rings is 5. The first-order chi connectivity index (χ1) is 41.0. The maximum absolute atomic E-state index is 14.2. The van der Waals surface area contributed by atoms with Gasteiger partial charge in [0, 0.05) is 17.7 Å². The molecule has 6 aromatic rings. The van der Waals surface area contributed by atoms with E-state index in [0.29, 0.717) is 111 Å². The number of unbranched alkanes of at least 4 members (excludes halogenated alkanes) is 6. The zero-order chi connectivity index (χ0) is 58.9. The van der Waals surface area contributed by atoms with Gasteiger partial charge in [-0.05, 0) is 194 Å². The molecule has 0 N–H and O–H groups in total. The first-order valence-corrected chi connectivity index (χ1v) is 29.6. The Kier molecular flexibility index (Phi) is 23.6. The minimum atomic E-state index is -0.594. The fourth-order valence-corrected chi connectivity index (χ4v) is 10.6. The fraction of sp³-hybridized carbons (Fsp3) is 0.364. The molecule has 440 valence electrons. The number of esters is 6. The second kappa shape index (κ2) is 32.3. The fourth-order valence-electron chi connectivity index (χ4n) is 9.68. The largest absolute Gasteiger partial charge is 0.494 e. The smallest absolute Gasteiger partial charge is 0.339 e. The summed E-state index contributed by atoms with van der Waals surface area (Å²) < 4.78 is 46.4. The molecule has 17 nitrogen and oxygen atoms in total. The van der Waals surface area contributed by atoms with Gasteiger partial charge in [-0.1, -0.05) is 54.8 Å². The number of thiazole rings is 1. The number of anilines is 2. The minimum absolute atomic E-state index is 0.201. The van der Waals surface area contributed by atoms with Crippen molar-refractivity contribution in [2.75, 3.05) is 31.4 Å². The number of hydrazone groups is 1. The van der Waals surface area contributed by atoms with Crippen molar-refractivity contribution in [2.45, 2.75) is 115 Å². The van der Waals surface area contributed by atoms with Crippen molar-refractivity contribution in [3.63, 3.8) is 0 Å². The average molecular weight is 1160 g/mol. The molecule has 0 radical (unpaired) electrons. The van der Waals surface area contributed by atoms with E-state index in [1.165, 1.54) is 17.6 Å². The van der Waals surface area contributed by atoms with Crippen LogP contribution in [0.1, 0.15) is 129 Å². The van der Waals surface area contributed by atoms with Crippen LogP contribution in [0.2, 0.25) is 0 Å². The van der Waals surface area contributed by atoms with E-state index in [2.05, 4.69) is 13.2 Å². The molecule has 2 aliphatic carbocycles. The summed E-state index contributed by atoms with van der Waals surface area (Å²) >= 11 is 1.46. The molecule has 1 heterocycles. The zero-order valence-corrected chi connectivity index (χ0v) is 47.9. The molecule has 1 aromatic heterocycles. The van der Waals surface area contributed by atoms with E-state index < -0.39 is 41.9 Å². The lowest BCUT2D eigenvalue weighted by Gasteiger charge is -2.27. The number of nitrogens with zero attached hydrogens (tertiary/aromatic N) is 3. The Hall–Kier alpha value is -8.64. The van der Waals surface area contributed by atoms with Crippen molar-refractivity contribution in [3.8, 4) is 23.0 Å². The third kappa shape index (κ3) is 19.0. The van der Waals surface area contributed by atoms with Gasteiger partial charge in [0.05, 0.1) is 71.5 Å². The van der Waals surface area contributed by atoms with E-state index in [0.717, 1.165) is 79.4 Å². The highest BCUT2D eigenvalue weighted by atomic mass is 32.1. The van der Waals surface area contributed by atoms with E-state index in [-0.39, 0.29) is 29.3 Å². The van der Waals surface area contributed by atoms with Gasteiger partial charge in [-0.15, -0.1) is 0 Å². The molecule has 0 aliphatic heterocycles. The highest BCUT2D eigenvalue weighted by Gasteiger charge is 2.32. The van der Waals surface area contributed by atoms with Crippen LogP contribution in [0.25, 0.3) is 10.2 Å². The zero-order valence-electron chi connectivity index (χ0n) is 47.1. The molecule has 84 heavy (non-hydrogen) atoms. The van der Waals surface area contributed by atoms with Crippen LogP contribution in [0.15, 0.2) is 152 Å².